The largest absolute Gasteiger partial charge is 0.507 e. The molecule has 1 aliphatic heterocycles. The molecule has 0 bridgehead atoms. The van der Waals surface area contributed by atoms with Gasteiger partial charge in [0.15, 0.2) is 5.78 Å². The van der Waals surface area contributed by atoms with E-state index < -0.39 is 0 Å². The van der Waals surface area contributed by atoms with E-state index in [-0.39, 0.29) is 17.5 Å². The molecule has 1 N–H and O–H groups in total. The van der Waals surface area contributed by atoms with Crippen molar-refractivity contribution in [1.82, 2.24) is 14.9 Å². The van der Waals surface area contributed by atoms with Crippen LogP contribution in [-0.2, 0) is 0 Å². The first-order valence-electron chi connectivity index (χ1n) is 11.2. The van der Waals surface area contributed by atoms with Crippen LogP contribution >= 0.6 is 0 Å². The van der Waals surface area contributed by atoms with E-state index in [0.29, 0.717) is 29.9 Å². The number of rotatable bonds is 10. The predicted molar refractivity (Wildman–Crippen MR) is 122 cm³/mol. The number of aromatic nitrogens is 2. The van der Waals surface area contributed by atoms with E-state index in [9.17, 15) is 9.90 Å². The maximum absolute atomic E-state index is 12.3. The van der Waals surface area contributed by atoms with Crippen LogP contribution in [0, 0.1) is 12.8 Å². The SMILES string of the molecule is Cc1c(OCCCCN2CCN(c3ncccn3)CC2)ccc(C(=O)CC(C)C)c1O. The van der Waals surface area contributed by atoms with E-state index >= 15 is 0 Å². The van der Waals surface area contributed by atoms with Crippen LogP contribution in [0.3, 0.4) is 0 Å². The van der Waals surface area contributed by atoms with Crippen LogP contribution in [0.5, 0.6) is 11.5 Å². The molecule has 1 saturated heterocycles. The van der Waals surface area contributed by atoms with Gasteiger partial charge >= 0.3 is 0 Å². The maximum atomic E-state index is 12.3. The van der Waals surface area contributed by atoms with Crippen LogP contribution in [0.15, 0.2) is 30.6 Å². The summed E-state index contributed by atoms with van der Waals surface area (Å²) in [5, 5.41) is 10.4. The fourth-order valence-corrected chi connectivity index (χ4v) is 3.79. The van der Waals surface area contributed by atoms with Crippen LogP contribution in [0.2, 0.25) is 0 Å². The average Bonchev–Trinajstić information content (AvgIpc) is 2.77. The van der Waals surface area contributed by atoms with E-state index in [0.717, 1.165) is 51.5 Å². The van der Waals surface area contributed by atoms with Crippen LogP contribution in [0.1, 0.15) is 49.0 Å². The summed E-state index contributed by atoms with van der Waals surface area (Å²) >= 11 is 0. The van der Waals surface area contributed by atoms with Crippen molar-refractivity contribution >= 4 is 11.7 Å². The Morgan fingerprint density at radius 1 is 1.13 bits per heavy atom. The van der Waals surface area contributed by atoms with Crippen molar-refractivity contribution in [3.05, 3.63) is 41.7 Å². The second-order valence-corrected chi connectivity index (χ2v) is 8.54. The molecule has 0 atom stereocenters. The summed E-state index contributed by atoms with van der Waals surface area (Å²) in [6.07, 6.45) is 5.99. The number of hydrogen-bond donors (Lipinski definition) is 1. The minimum absolute atomic E-state index is 0.0268. The number of carbonyl (C=O) groups excluding carboxylic acids is 1. The quantitative estimate of drug-likeness (QED) is 0.458. The van der Waals surface area contributed by atoms with Crippen LogP contribution in [0.25, 0.3) is 0 Å². The number of unbranched alkanes of at least 4 members (excludes halogenated alkanes) is 1. The Kier molecular flexibility index (Phi) is 8.23. The van der Waals surface area contributed by atoms with Gasteiger partial charge in [0.2, 0.25) is 5.95 Å². The van der Waals surface area contributed by atoms with Gasteiger partial charge in [-0.1, -0.05) is 13.8 Å². The molecular formula is C24H34N4O3. The number of Topliss-reactive ketones (excluding diaryl/α,β-unsaturated/α-hetero) is 1. The van der Waals surface area contributed by atoms with E-state index in [2.05, 4.69) is 19.8 Å². The Morgan fingerprint density at radius 2 is 1.84 bits per heavy atom. The smallest absolute Gasteiger partial charge is 0.225 e. The molecule has 3 rings (SSSR count). The van der Waals surface area contributed by atoms with Gasteiger partial charge in [-0.25, -0.2) is 9.97 Å². The molecule has 0 amide bonds. The van der Waals surface area contributed by atoms with Gasteiger partial charge in [-0.2, -0.15) is 0 Å². The maximum Gasteiger partial charge on any atom is 0.225 e. The summed E-state index contributed by atoms with van der Waals surface area (Å²) in [6.45, 7) is 11.3. The Morgan fingerprint density at radius 3 is 2.52 bits per heavy atom. The third kappa shape index (κ3) is 6.40. The molecule has 168 valence electrons. The lowest BCUT2D eigenvalue weighted by atomic mass is 9.98. The fourth-order valence-electron chi connectivity index (χ4n) is 3.79. The van der Waals surface area contributed by atoms with Crippen molar-refractivity contribution in [2.75, 3.05) is 44.2 Å². The molecule has 0 aliphatic carbocycles. The molecule has 1 aliphatic rings. The van der Waals surface area contributed by atoms with Gasteiger partial charge in [-0.15, -0.1) is 0 Å². The summed E-state index contributed by atoms with van der Waals surface area (Å²) in [7, 11) is 0. The number of carbonyl (C=O) groups is 1. The zero-order chi connectivity index (χ0) is 22.2. The highest BCUT2D eigenvalue weighted by atomic mass is 16.5. The zero-order valence-corrected chi connectivity index (χ0v) is 18.9. The monoisotopic (exact) mass is 426 g/mol. The number of nitrogens with zero attached hydrogens (tertiary/aromatic N) is 4. The minimum Gasteiger partial charge on any atom is -0.507 e. The summed E-state index contributed by atoms with van der Waals surface area (Å²) < 4.78 is 5.88. The van der Waals surface area contributed by atoms with Crippen molar-refractivity contribution in [3.8, 4) is 11.5 Å². The topological polar surface area (TPSA) is 78.8 Å². The highest BCUT2D eigenvalue weighted by Gasteiger charge is 2.19. The number of piperazine rings is 1. The highest BCUT2D eigenvalue weighted by molar-refractivity contribution is 5.99. The third-order valence-corrected chi connectivity index (χ3v) is 5.61. The van der Waals surface area contributed by atoms with Crippen molar-refractivity contribution in [2.24, 2.45) is 5.92 Å². The molecule has 1 fully saturated rings. The van der Waals surface area contributed by atoms with Crippen molar-refractivity contribution in [3.63, 3.8) is 0 Å². The molecule has 0 radical (unpaired) electrons. The molecule has 2 heterocycles. The van der Waals surface area contributed by atoms with Crippen molar-refractivity contribution < 1.29 is 14.6 Å². The molecule has 1 aromatic carbocycles. The first-order valence-corrected chi connectivity index (χ1v) is 11.2. The highest BCUT2D eigenvalue weighted by Crippen LogP contribution is 2.31. The van der Waals surface area contributed by atoms with Crippen LogP contribution in [0.4, 0.5) is 5.95 Å². The van der Waals surface area contributed by atoms with Gasteiger partial charge in [0, 0.05) is 50.6 Å². The molecule has 7 nitrogen and oxygen atoms in total. The Labute approximate surface area is 185 Å². The lowest BCUT2D eigenvalue weighted by Gasteiger charge is -2.34. The molecule has 7 heteroatoms. The van der Waals surface area contributed by atoms with E-state index in [1.165, 1.54) is 0 Å². The molecule has 0 saturated carbocycles. The number of benzene rings is 1. The second-order valence-electron chi connectivity index (χ2n) is 8.54. The summed E-state index contributed by atoms with van der Waals surface area (Å²) in [6, 6.07) is 5.32. The number of phenolic OH excluding ortho intramolecular Hbond substituents is 1. The number of ether oxygens (including phenoxy) is 1. The van der Waals surface area contributed by atoms with Crippen molar-refractivity contribution in [1.29, 1.82) is 0 Å². The van der Waals surface area contributed by atoms with Gasteiger partial charge < -0.3 is 14.7 Å². The van der Waals surface area contributed by atoms with Gasteiger partial charge in [-0.05, 0) is 50.4 Å². The van der Waals surface area contributed by atoms with E-state index in [4.69, 9.17) is 4.74 Å². The van der Waals surface area contributed by atoms with Crippen LogP contribution < -0.4 is 9.64 Å². The molecule has 31 heavy (non-hydrogen) atoms. The minimum atomic E-state index is -0.0268. The zero-order valence-electron chi connectivity index (χ0n) is 18.9. The van der Waals surface area contributed by atoms with E-state index in [1.807, 2.05) is 19.9 Å². The number of phenols is 1. The predicted octanol–water partition coefficient (Wildman–Crippen LogP) is 3.70. The normalized spacial score (nSPS) is 14.8. The summed E-state index contributed by atoms with van der Waals surface area (Å²) in [5.74, 6) is 1.74. The average molecular weight is 427 g/mol. The van der Waals surface area contributed by atoms with Gasteiger partial charge in [0.1, 0.15) is 11.5 Å². The Hall–Kier alpha value is -2.67. The van der Waals surface area contributed by atoms with E-state index in [1.54, 1.807) is 31.5 Å². The van der Waals surface area contributed by atoms with Gasteiger partial charge in [0.05, 0.1) is 12.2 Å². The van der Waals surface area contributed by atoms with Gasteiger partial charge in [-0.3, -0.25) is 9.69 Å². The Bertz CT molecular complexity index is 849. The first-order chi connectivity index (χ1) is 15.0. The fraction of sp³-hybridized carbons (Fsp3) is 0.542. The third-order valence-electron chi connectivity index (χ3n) is 5.61. The summed E-state index contributed by atoms with van der Waals surface area (Å²) in [5.41, 5.74) is 1.02. The molecule has 1 aromatic heterocycles. The molecule has 0 spiro atoms. The number of aromatic hydroxyl groups is 1. The molecule has 2 aromatic rings. The van der Waals surface area contributed by atoms with Crippen molar-refractivity contribution in [2.45, 2.75) is 40.0 Å². The number of hydrogen-bond acceptors (Lipinski definition) is 7. The molecule has 0 unspecified atom stereocenters. The lowest BCUT2D eigenvalue weighted by Crippen LogP contribution is -2.47. The van der Waals surface area contributed by atoms with Crippen LogP contribution in [-0.4, -0.2) is 65.1 Å². The number of anilines is 1. The second kappa shape index (κ2) is 11.1. The first kappa shape index (κ1) is 23.0. The Balaban J connectivity index is 1.37. The lowest BCUT2D eigenvalue weighted by molar-refractivity contribution is 0.0965. The standard InChI is InChI=1S/C24H34N4O3/c1-18(2)17-21(29)20-7-8-22(19(3)23(20)30)31-16-5-4-11-27-12-14-28(15-13-27)24-25-9-6-10-26-24/h6-10,18,30H,4-5,11-17H2,1-3H3. The molecular weight excluding hydrogens is 392 g/mol. The summed E-state index contributed by atoms with van der Waals surface area (Å²) in [4.78, 5) is 25.6. The number of ketones is 1. The van der Waals surface area contributed by atoms with Gasteiger partial charge in [0.25, 0.3) is 0 Å².